The van der Waals surface area contributed by atoms with Gasteiger partial charge in [0.2, 0.25) is 0 Å². The summed E-state index contributed by atoms with van der Waals surface area (Å²) in [6.45, 7) is 2.31. The monoisotopic (exact) mass is 292 g/mol. The van der Waals surface area contributed by atoms with Crippen LogP contribution >= 0.6 is 11.6 Å². The van der Waals surface area contributed by atoms with Gasteiger partial charge in [0.15, 0.2) is 6.79 Å². The molecule has 0 heterocycles. The normalized spacial score (nSPS) is 12.2. The minimum Gasteiger partial charge on any atom is -0.466 e. The van der Waals surface area contributed by atoms with E-state index in [0.717, 1.165) is 11.1 Å². The van der Waals surface area contributed by atoms with Crippen LogP contribution in [-0.4, -0.2) is 11.9 Å². The van der Waals surface area contributed by atoms with Crippen molar-refractivity contribution >= 4 is 11.6 Å². The van der Waals surface area contributed by atoms with Gasteiger partial charge in [-0.05, 0) is 30.2 Å². The van der Waals surface area contributed by atoms with Gasteiger partial charge in [-0.1, -0.05) is 48.0 Å². The zero-order valence-corrected chi connectivity index (χ0v) is 12.0. The Morgan fingerprint density at radius 2 is 1.90 bits per heavy atom. The molecular formula is C16H17ClO3. The van der Waals surface area contributed by atoms with E-state index in [4.69, 9.17) is 21.1 Å². The van der Waals surface area contributed by atoms with Crippen LogP contribution in [0.15, 0.2) is 48.5 Å². The summed E-state index contributed by atoms with van der Waals surface area (Å²) in [7, 11) is 0. The van der Waals surface area contributed by atoms with E-state index in [9.17, 15) is 5.11 Å². The molecule has 1 unspecified atom stereocenters. The number of ether oxygens (including phenoxy) is 2. The summed E-state index contributed by atoms with van der Waals surface area (Å²) < 4.78 is 10.9. The molecule has 0 amide bonds. The van der Waals surface area contributed by atoms with Gasteiger partial charge >= 0.3 is 0 Å². The SMILES string of the molecule is CC(O)c1ccc(OCOCc2ccccc2)c(Cl)c1. The Labute approximate surface area is 123 Å². The fourth-order valence-electron chi connectivity index (χ4n) is 1.73. The van der Waals surface area contributed by atoms with Crippen molar-refractivity contribution < 1.29 is 14.6 Å². The molecule has 2 aromatic carbocycles. The minimum atomic E-state index is -0.545. The summed E-state index contributed by atoms with van der Waals surface area (Å²) in [6, 6.07) is 15.1. The second kappa shape index (κ2) is 7.29. The molecule has 2 rings (SSSR count). The van der Waals surface area contributed by atoms with Crippen LogP contribution in [0.2, 0.25) is 5.02 Å². The van der Waals surface area contributed by atoms with Crippen LogP contribution in [0.1, 0.15) is 24.2 Å². The number of hydrogen-bond acceptors (Lipinski definition) is 3. The lowest BCUT2D eigenvalue weighted by Crippen LogP contribution is -2.03. The van der Waals surface area contributed by atoms with Crippen LogP contribution in [0.3, 0.4) is 0 Å². The highest BCUT2D eigenvalue weighted by Gasteiger charge is 2.06. The predicted molar refractivity (Wildman–Crippen MR) is 78.8 cm³/mol. The van der Waals surface area contributed by atoms with Crippen molar-refractivity contribution in [3.8, 4) is 5.75 Å². The molecule has 0 aliphatic rings. The molecule has 0 aliphatic heterocycles. The van der Waals surface area contributed by atoms with Crippen LogP contribution < -0.4 is 4.74 Å². The van der Waals surface area contributed by atoms with Gasteiger partial charge in [-0.25, -0.2) is 0 Å². The quantitative estimate of drug-likeness (QED) is 0.647. The molecule has 2 aromatic rings. The molecule has 0 fully saturated rings. The summed E-state index contributed by atoms with van der Waals surface area (Å²) >= 11 is 6.08. The highest BCUT2D eigenvalue weighted by atomic mass is 35.5. The Kier molecular flexibility index (Phi) is 5.41. The van der Waals surface area contributed by atoms with Gasteiger partial charge in [0, 0.05) is 0 Å². The van der Waals surface area contributed by atoms with E-state index >= 15 is 0 Å². The first kappa shape index (κ1) is 14.9. The van der Waals surface area contributed by atoms with Crippen molar-refractivity contribution in [1.29, 1.82) is 0 Å². The van der Waals surface area contributed by atoms with Crippen molar-refractivity contribution in [3.63, 3.8) is 0 Å². The van der Waals surface area contributed by atoms with Gasteiger partial charge in [-0.3, -0.25) is 0 Å². The van der Waals surface area contributed by atoms with E-state index < -0.39 is 6.10 Å². The molecule has 106 valence electrons. The van der Waals surface area contributed by atoms with E-state index in [1.807, 2.05) is 30.3 Å². The van der Waals surface area contributed by atoms with Crippen LogP contribution in [0, 0.1) is 0 Å². The third kappa shape index (κ3) is 4.23. The predicted octanol–water partition coefficient (Wildman–Crippen LogP) is 3.95. The van der Waals surface area contributed by atoms with Gasteiger partial charge in [-0.15, -0.1) is 0 Å². The van der Waals surface area contributed by atoms with E-state index in [-0.39, 0.29) is 6.79 Å². The number of benzene rings is 2. The summed E-state index contributed by atoms with van der Waals surface area (Å²) in [5.41, 5.74) is 1.85. The van der Waals surface area contributed by atoms with E-state index in [0.29, 0.717) is 17.4 Å². The summed E-state index contributed by atoms with van der Waals surface area (Å²) in [5.74, 6) is 0.545. The minimum absolute atomic E-state index is 0.128. The molecular weight excluding hydrogens is 276 g/mol. The molecule has 0 aromatic heterocycles. The van der Waals surface area contributed by atoms with Gasteiger partial charge in [0.25, 0.3) is 0 Å². The topological polar surface area (TPSA) is 38.7 Å². The van der Waals surface area contributed by atoms with Gasteiger partial charge < -0.3 is 14.6 Å². The molecule has 0 aliphatic carbocycles. The molecule has 1 N–H and O–H groups in total. The molecule has 0 saturated carbocycles. The molecule has 1 atom stereocenters. The molecule has 0 bridgehead atoms. The maximum Gasteiger partial charge on any atom is 0.189 e. The van der Waals surface area contributed by atoms with E-state index in [1.165, 1.54) is 0 Å². The first-order valence-electron chi connectivity index (χ1n) is 6.39. The first-order chi connectivity index (χ1) is 9.66. The maximum atomic E-state index is 9.46. The summed E-state index contributed by atoms with van der Waals surface area (Å²) in [6.07, 6.45) is -0.545. The number of aliphatic hydroxyl groups excluding tert-OH is 1. The van der Waals surface area contributed by atoms with Crippen molar-refractivity contribution in [2.24, 2.45) is 0 Å². The average Bonchev–Trinajstić information content (AvgIpc) is 2.46. The van der Waals surface area contributed by atoms with Gasteiger partial charge in [0.05, 0.1) is 17.7 Å². The molecule has 0 saturated heterocycles. The summed E-state index contributed by atoms with van der Waals surface area (Å²) in [5, 5.41) is 9.92. The standard InChI is InChI=1S/C16H17ClO3/c1-12(18)14-7-8-16(15(17)9-14)20-11-19-10-13-5-3-2-4-6-13/h2-9,12,18H,10-11H2,1H3. The second-order valence-electron chi connectivity index (χ2n) is 4.46. The molecule has 20 heavy (non-hydrogen) atoms. The Morgan fingerprint density at radius 1 is 1.15 bits per heavy atom. The Balaban J connectivity index is 1.82. The lowest BCUT2D eigenvalue weighted by molar-refractivity contribution is 0.00507. The Bertz CT molecular complexity index is 541. The fourth-order valence-corrected chi connectivity index (χ4v) is 1.98. The molecule has 0 spiro atoms. The number of aliphatic hydroxyl groups is 1. The van der Waals surface area contributed by atoms with E-state index in [1.54, 1.807) is 25.1 Å². The Hall–Kier alpha value is -1.55. The lowest BCUT2D eigenvalue weighted by Gasteiger charge is -2.11. The largest absolute Gasteiger partial charge is 0.466 e. The highest BCUT2D eigenvalue weighted by Crippen LogP contribution is 2.27. The van der Waals surface area contributed by atoms with Crippen molar-refractivity contribution in [2.75, 3.05) is 6.79 Å². The van der Waals surface area contributed by atoms with Gasteiger partial charge in [-0.2, -0.15) is 0 Å². The van der Waals surface area contributed by atoms with Crippen molar-refractivity contribution in [1.82, 2.24) is 0 Å². The lowest BCUT2D eigenvalue weighted by atomic mass is 10.1. The fraction of sp³-hybridized carbons (Fsp3) is 0.250. The number of halogens is 1. The second-order valence-corrected chi connectivity index (χ2v) is 4.87. The van der Waals surface area contributed by atoms with Crippen molar-refractivity contribution in [3.05, 3.63) is 64.7 Å². The summed E-state index contributed by atoms with van der Waals surface area (Å²) in [4.78, 5) is 0. The van der Waals surface area contributed by atoms with Crippen molar-refractivity contribution in [2.45, 2.75) is 19.6 Å². The average molecular weight is 293 g/mol. The third-order valence-corrected chi connectivity index (χ3v) is 3.14. The van der Waals surface area contributed by atoms with Crippen LogP contribution in [-0.2, 0) is 11.3 Å². The number of hydrogen-bond donors (Lipinski definition) is 1. The molecule has 3 nitrogen and oxygen atoms in total. The Morgan fingerprint density at radius 3 is 2.55 bits per heavy atom. The highest BCUT2D eigenvalue weighted by molar-refractivity contribution is 6.32. The van der Waals surface area contributed by atoms with Gasteiger partial charge in [0.1, 0.15) is 5.75 Å². The van der Waals surface area contributed by atoms with E-state index in [2.05, 4.69) is 0 Å². The maximum absolute atomic E-state index is 9.46. The van der Waals surface area contributed by atoms with Crippen LogP contribution in [0.5, 0.6) is 5.75 Å². The smallest absolute Gasteiger partial charge is 0.189 e. The third-order valence-electron chi connectivity index (χ3n) is 2.85. The van der Waals surface area contributed by atoms with Crippen LogP contribution in [0.25, 0.3) is 0 Å². The zero-order valence-electron chi connectivity index (χ0n) is 11.3. The zero-order chi connectivity index (χ0) is 14.4. The first-order valence-corrected chi connectivity index (χ1v) is 6.76. The molecule has 4 heteroatoms. The van der Waals surface area contributed by atoms with Crippen LogP contribution in [0.4, 0.5) is 0 Å². The molecule has 0 radical (unpaired) electrons. The number of rotatable bonds is 6.